The van der Waals surface area contributed by atoms with E-state index in [0.29, 0.717) is 19.3 Å². The van der Waals surface area contributed by atoms with Crippen LogP contribution < -0.4 is 15.7 Å². The average molecular weight is 480 g/mol. The maximum Gasteiger partial charge on any atom is 0.389 e. The standard InChI is InChI=1S/C22H30N4O8/c1-13(2)20(21(32)23-14(3)22(33)34-26-18(30)10-11-19(26)31)24-15(27)7-5-4-6-12-25-16(28)8-9-17(25)29/h8-9,13-14,20H,4-7,10-12H2,1-3H3,(H,23,32)(H,24,27)/p+1/t14-,20-/m0/s1. The number of unbranched alkanes of at least 4 members (excludes halogenated alkanes) is 2. The van der Waals surface area contributed by atoms with Crippen LogP contribution in [0.25, 0.3) is 0 Å². The van der Waals surface area contributed by atoms with Gasteiger partial charge in [-0.05, 0) is 30.7 Å². The van der Waals surface area contributed by atoms with E-state index in [-0.39, 0.29) is 49.4 Å². The zero-order chi connectivity index (χ0) is 25.4. The highest BCUT2D eigenvalue weighted by Crippen LogP contribution is 2.09. The molecule has 12 heteroatoms. The third-order valence-corrected chi connectivity index (χ3v) is 5.45. The van der Waals surface area contributed by atoms with Crippen molar-refractivity contribution in [1.82, 2.24) is 15.5 Å². The number of nitrogens with zero attached hydrogens (tertiary/aromatic N) is 1. The van der Waals surface area contributed by atoms with Gasteiger partial charge < -0.3 is 10.6 Å². The fourth-order valence-electron chi connectivity index (χ4n) is 3.44. The Morgan fingerprint density at radius 3 is 2.09 bits per heavy atom. The minimum absolute atomic E-state index is 0.00461. The molecule has 2 rings (SSSR count). The summed E-state index contributed by atoms with van der Waals surface area (Å²) in [5.74, 6) is -3.93. The smallest absolute Gasteiger partial charge is 0.344 e. The second-order valence-corrected chi connectivity index (χ2v) is 8.59. The number of hydrogen-bond donors (Lipinski definition) is 3. The van der Waals surface area contributed by atoms with Crippen LogP contribution in [0.5, 0.6) is 0 Å². The van der Waals surface area contributed by atoms with Crippen molar-refractivity contribution in [3.63, 3.8) is 0 Å². The van der Waals surface area contributed by atoms with E-state index in [1.54, 1.807) is 13.8 Å². The molecule has 2 heterocycles. The van der Waals surface area contributed by atoms with E-state index < -0.39 is 40.8 Å². The zero-order valence-corrected chi connectivity index (χ0v) is 19.5. The fraction of sp³-hybridized carbons (Fsp3) is 0.591. The van der Waals surface area contributed by atoms with Crippen LogP contribution in [0.15, 0.2) is 12.2 Å². The monoisotopic (exact) mass is 479 g/mol. The van der Waals surface area contributed by atoms with E-state index in [9.17, 15) is 33.6 Å². The van der Waals surface area contributed by atoms with Crippen LogP contribution in [-0.4, -0.2) is 64.9 Å². The number of imide groups is 2. The lowest BCUT2D eigenvalue weighted by Crippen LogP contribution is -3.14. The lowest BCUT2D eigenvalue weighted by molar-refractivity contribution is -0.934. The first-order valence-electron chi connectivity index (χ1n) is 11.3. The zero-order valence-electron chi connectivity index (χ0n) is 19.5. The Bertz CT molecular complexity index is 863. The highest BCUT2D eigenvalue weighted by molar-refractivity contribution is 6.12. The first-order valence-corrected chi connectivity index (χ1v) is 11.3. The Balaban J connectivity index is 1.74. The molecule has 6 amide bonds. The topological polar surface area (TPSA) is 160 Å². The summed E-state index contributed by atoms with van der Waals surface area (Å²) >= 11 is 0. The molecule has 0 unspecified atom stereocenters. The number of rotatable bonds is 12. The van der Waals surface area contributed by atoms with Crippen LogP contribution in [0.2, 0.25) is 0 Å². The largest absolute Gasteiger partial charge is 0.389 e. The van der Waals surface area contributed by atoms with Gasteiger partial charge in [-0.25, -0.2) is 14.4 Å². The van der Waals surface area contributed by atoms with Gasteiger partial charge in [-0.3, -0.25) is 28.9 Å². The van der Waals surface area contributed by atoms with Crippen LogP contribution in [0.4, 0.5) is 0 Å². The number of hydrogen-bond acceptors (Lipinski definition) is 8. The third-order valence-electron chi connectivity index (χ3n) is 5.45. The van der Waals surface area contributed by atoms with E-state index in [0.717, 1.165) is 4.90 Å². The van der Waals surface area contributed by atoms with Crippen LogP contribution in [0.3, 0.4) is 0 Å². The average Bonchev–Trinajstić information content (AvgIpc) is 3.26. The third kappa shape index (κ3) is 7.30. The van der Waals surface area contributed by atoms with Crippen molar-refractivity contribution in [3.05, 3.63) is 12.2 Å². The molecule has 1 saturated heterocycles. The van der Waals surface area contributed by atoms with Crippen molar-refractivity contribution in [2.45, 2.75) is 71.4 Å². The molecule has 186 valence electrons. The molecule has 1 fully saturated rings. The summed E-state index contributed by atoms with van der Waals surface area (Å²) in [4.78, 5) is 89.3. The fourth-order valence-corrected chi connectivity index (χ4v) is 3.44. The Morgan fingerprint density at radius 1 is 0.941 bits per heavy atom. The summed E-state index contributed by atoms with van der Waals surface area (Å²) in [6.07, 6.45) is 4.26. The van der Waals surface area contributed by atoms with Gasteiger partial charge in [0.05, 0.1) is 12.8 Å². The molecule has 12 nitrogen and oxygen atoms in total. The summed E-state index contributed by atoms with van der Waals surface area (Å²) in [5.41, 5.74) is 0. The minimum atomic E-state index is -1.13. The number of amides is 6. The van der Waals surface area contributed by atoms with E-state index in [4.69, 9.17) is 4.84 Å². The first kappa shape index (κ1) is 26.8. The van der Waals surface area contributed by atoms with Gasteiger partial charge in [0.1, 0.15) is 12.1 Å². The molecule has 0 saturated carbocycles. The van der Waals surface area contributed by atoms with Gasteiger partial charge in [0.2, 0.25) is 11.8 Å². The number of carbonyl (C=O) groups excluding carboxylic acids is 7. The molecule has 0 spiro atoms. The summed E-state index contributed by atoms with van der Waals surface area (Å²) < 4.78 is 0. The summed E-state index contributed by atoms with van der Waals surface area (Å²) in [5, 5.41) is 4.59. The molecular weight excluding hydrogens is 448 g/mol. The van der Waals surface area contributed by atoms with Crippen molar-refractivity contribution in [3.8, 4) is 0 Å². The van der Waals surface area contributed by atoms with Crippen LogP contribution >= 0.6 is 0 Å². The van der Waals surface area contributed by atoms with Crippen molar-refractivity contribution >= 4 is 41.4 Å². The second kappa shape index (κ2) is 12.2. The van der Waals surface area contributed by atoms with E-state index in [1.165, 1.54) is 19.1 Å². The second-order valence-electron chi connectivity index (χ2n) is 8.59. The Hall–Kier alpha value is -3.41. The SMILES string of the molecule is CC(C)[C@H](NC(=O)CCCCCN1C(=O)C=CC1=O)C(=O)N[C@@H](C)C(=O)O[NH+]1C(=O)CCC1=O. The van der Waals surface area contributed by atoms with Gasteiger partial charge in [0.25, 0.3) is 11.8 Å². The maximum absolute atomic E-state index is 12.6. The van der Waals surface area contributed by atoms with Crippen molar-refractivity contribution in [2.24, 2.45) is 5.92 Å². The molecule has 0 radical (unpaired) electrons. The molecule has 0 aromatic heterocycles. The molecule has 2 atom stereocenters. The summed E-state index contributed by atoms with van der Waals surface area (Å²) in [6, 6.07) is -2.04. The van der Waals surface area contributed by atoms with Crippen LogP contribution in [-0.2, 0) is 38.4 Å². The lowest BCUT2D eigenvalue weighted by atomic mass is 10.0. The predicted molar refractivity (Wildman–Crippen MR) is 115 cm³/mol. The molecule has 0 aliphatic carbocycles. The van der Waals surface area contributed by atoms with Gasteiger partial charge in [-0.15, -0.1) is 0 Å². The molecule has 3 N–H and O–H groups in total. The molecule has 2 aliphatic heterocycles. The number of nitrogens with one attached hydrogen (secondary N) is 3. The van der Waals surface area contributed by atoms with Gasteiger partial charge in [-0.2, -0.15) is 0 Å². The Kier molecular flexibility index (Phi) is 9.60. The molecule has 0 aromatic rings. The summed E-state index contributed by atoms with van der Waals surface area (Å²) in [6.45, 7) is 5.11. The van der Waals surface area contributed by atoms with E-state index >= 15 is 0 Å². The molecule has 2 aliphatic rings. The molecule has 0 bridgehead atoms. The van der Waals surface area contributed by atoms with Gasteiger partial charge in [-0.1, -0.05) is 20.3 Å². The Labute approximate surface area is 197 Å². The lowest BCUT2D eigenvalue weighted by Gasteiger charge is -2.23. The van der Waals surface area contributed by atoms with Gasteiger partial charge >= 0.3 is 17.8 Å². The number of hydroxylamine groups is 2. The highest BCUT2D eigenvalue weighted by atomic mass is 16.7. The Morgan fingerprint density at radius 2 is 1.53 bits per heavy atom. The first-order chi connectivity index (χ1) is 16.0. The van der Waals surface area contributed by atoms with Crippen molar-refractivity contribution in [2.75, 3.05) is 6.54 Å². The predicted octanol–water partition coefficient (Wildman–Crippen LogP) is -1.69. The van der Waals surface area contributed by atoms with Crippen molar-refractivity contribution < 1.29 is 43.5 Å². The minimum Gasteiger partial charge on any atom is -0.344 e. The van der Waals surface area contributed by atoms with E-state index in [2.05, 4.69) is 10.6 Å². The van der Waals surface area contributed by atoms with Gasteiger partial charge in [0.15, 0.2) is 0 Å². The molecule has 0 aromatic carbocycles. The quantitative estimate of drug-likeness (QED) is 0.221. The maximum atomic E-state index is 12.6. The number of carbonyl (C=O) groups is 7. The van der Waals surface area contributed by atoms with Gasteiger partial charge in [0, 0.05) is 25.1 Å². The van der Waals surface area contributed by atoms with Crippen LogP contribution in [0, 0.1) is 5.92 Å². The van der Waals surface area contributed by atoms with E-state index in [1.807, 2.05) is 0 Å². The normalized spacial score (nSPS) is 17.9. The highest BCUT2D eigenvalue weighted by Gasteiger charge is 2.41. The van der Waals surface area contributed by atoms with Crippen molar-refractivity contribution in [1.29, 1.82) is 0 Å². The molecular formula is C22H31N4O8+. The summed E-state index contributed by atoms with van der Waals surface area (Å²) in [7, 11) is 0. The number of quaternary nitrogens is 1. The molecule has 34 heavy (non-hydrogen) atoms. The van der Waals surface area contributed by atoms with Crippen LogP contribution in [0.1, 0.15) is 59.3 Å².